The van der Waals surface area contributed by atoms with Gasteiger partial charge in [-0.25, -0.2) is 8.42 Å². The second-order valence-electron chi connectivity index (χ2n) is 4.83. The average molecular weight is 308 g/mol. The average Bonchev–Trinajstić information content (AvgIpc) is 2.46. The van der Waals surface area contributed by atoms with E-state index in [0.717, 1.165) is 24.0 Å². The molecule has 0 amide bonds. The highest BCUT2D eigenvalue weighted by Gasteiger charge is 2.22. The van der Waals surface area contributed by atoms with E-state index in [1.54, 1.807) is 18.2 Å². The fourth-order valence-corrected chi connectivity index (χ4v) is 3.59. The minimum absolute atomic E-state index is 0.292. The number of hydrogen-bond donors (Lipinski definition) is 1. The molecule has 0 heterocycles. The maximum Gasteiger partial charge on any atom is 0.243 e. The van der Waals surface area contributed by atoms with Crippen molar-refractivity contribution < 1.29 is 8.42 Å². The van der Waals surface area contributed by atoms with Crippen LogP contribution in [0.2, 0.25) is 0 Å². The van der Waals surface area contributed by atoms with Crippen LogP contribution in [-0.4, -0.2) is 32.4 Å². The Hall–Kier alpha value is -1.35. The standard InChI is InChI=1S/C16H24N2O2S/c1-4-6-12-18(5-2)21(19,20)16-10-9-15(8-7-11-17)14(3)13-16/h9-10,13H,4-6,11-12,17H2,1-3H3. The molecule has 1 rings (SSSR count). The Kier molecular flexibility index (Phi) is 6.90. The first-order chi connectivity index (χ1) is 9.97. The number of hydrogen-bond acceptors (Lipinski definition) is 3. The van der Waals surface area contributed by atoms with E-state index in [0.29, 0.717) is 24.5 Å². The quantitative estimate of drug-likeness (QED) is 0.819. The van der Waals surface area contributed by atoms with Gasteiger partial charge in [0.25, 0.3) is 0 Å². The molecule has 0 unspecified atom stereocenters. The van der Waals surface area contributed by atoms with Crippen molar-refractivity contribution in [1.29, 1.82) is 0 Å². The fraction of sp³-hybridized carbons (Fsp3) is 0.500. The van der Waals surface area contributed by atoms with E-state index in [4.69, 9.17) is 5.73 Å². The van der Waals surface area contributed by atoms with Gasteiger partial charge in [0.1, 0.15) is 0 Å². The third-order valence-corrected chi connectivity index (χ3v) is 5.24. The lowest BCUT2D eigenvalue weighted by Gasteiger charge is -2.20. The molecule has 0 aliphatic heterocycles. The Morgan fingerprint density at radius 3 is 2.52 bits per heavy atom. The van der Waals surface area contributed by atoms with E-state index in [1.165, 1.54) is 4.31 Å². The van der Waals surface area contributed by atoms with E-state index in [9.17, 15) is 8.42 Å². The van der Waals surface area contributed by atoms with Gasteiger partial charge in [-0.2, -0.15) is 4.31 Å². The molecule has 0 atom stereocenters. The number of sulfonamides is 1. The lowest BCUT2D eigenvalue weighted by atomic mass is 10.1. The van der Waals surface area contributed by atoms with E-state index in [2.05, 4.69) is 18.8 Å². The number of benzene rings is 1. The highest BCUT2D eigenvalue weighted by atomic mass is 32.2. The molecule has 0 radical (unpaired) electrons. The van der Waals surface area contributed by atoms with Gasteiger partial charge in [0.15, 0.2) is 0 Å². The van der Waals surface area contributed by atoms with Crippen LogP contribution in [0.4, 0.5) is 0 Å². The molecule has 116 valence electrons. The van der Waals surface area contributed by atoms with Gasteiger partial charge in [-0.1, -0.05) is 32.1 Å². The molecule has 0 saturated carbocycles. The van der Waals surface area contributed by atoms with Crippen LogP contribution in [0.3, 0.4) is 0 Å². The number of nitrogens with zero attached hydrogens (tertiary/aromatic N) is 1. The van der Waals surface area contributed by atoms with Crippen molar-refractivity contribution in [2.45, 2.75) is 38.5 Å². The first kappa shape index (κ1) is 17.7. The highest BCUT2D eigenvalue weighted by Crippen LogP contribution is 2.19. The molecule has 0 aliphatic carbocycles. The van der Waals surface area contributed by atoms with Crippen LogP contribution < -0.4 is 5.73 Å². The topological polar surface area (TPSA) is 63.4 Å². The zero-order chi connectivity index (χ0) is 15.9. The first-order valence-electron chi connectivity index (χ1n) is 7.27. The van der Waals surface area contributed by atoms with Crippen molar-refractivity contribution in [2.75, 3.05) is 19.6 Å². The van der Waals surface area contributed by atoms with Crippen molar-refractivity contribution in [2.24, 2.45) is 5.73 Å². The van der Waals surface area contributed by atoms with E-state index >= 15 is 0 Å². The van der Waals surface area contributed by atoms with Crippen LogP contribution in [0.15, 0.2) is 23.1 Å². The lowest BCUT2D eigenvalue weighted by molar-refractivity contribution is 0.419. The van der Waals surface area contributed by atoms with Crippen LogP contribution in [0.1, 0.15) is 37.8 Å². The summed E-state index contributed by atoms with van der Waals surface area (Å²) in [4.78, 5) is 0.330. The minimum Gasteiger partial charge on any atom is -0.320 e. The van der Waals surface area contributed by atoms with Crippen molar-refractivity contribution >= 4 is 10.0 Å². The zero-order valence-electron chi connectivity index (χ0n) is 13.0. The monoisotopic (exact) mass is 308 g/mol. The van der Waals surface area contributed by atoms with Gasteiger partial charge in [0, 0.05) is 18.7 Å². The molecule has 0 aliphatic rings. The molecule has 0 spiro atoms. The van der Waals surface area contributed by atoms with Crippen LogP contribution >= 0.6 is 0 Å². The Bertz CT molecular complexity index is 627. The minimum atomic E-state index is -3.42. The number of aryl methyl sites for hydroxylation is 1. The molecule has 0 saturated heterocycles. The predicted octanol–water partition coefficient (Wildman–Crippen LogP) is 2.12. The Morgan fingerprint density at radius 1 is 1.29 bits per heavy atom. The van der Waals surface area contributed by atoms with Gasteiger partial charge in [0.2, 0.25) is 10.0 Å². The predicted molar refractivity (Wildman–Crippen MR) is 86.5 cm³/mol. The lowest BCUT2D eigenvalue weighted by Crippen LogP contribution is -2.31. The Balaban J connectivity index is 3.11. The first-order valence-corrected chi connectivity index (χ1v) is 8.71. The van der Waals surface area contributed by atoms with E-state index < -0.39 is 10.0 Å². The molecule has 5 heteroatoms. The van der Waals surface area contributed by atoms with Crippen molar-refractivity contribution in [3.8, 4) is 11.8 Å². The summed E-state index contributed by atoms with van der Waals surface area (Å²) in [6.45, 7) is 7.11. The second-order valence-corrected chi connectivity index (χ2v) is 6.77. The Labute approximate surface area is 128 Å². The highest BCUT2D eigenvalue weighted by molar-refractivity contribution is 7.89. The summed E-state index contributed by atoms with van der Waals surface area (Å²) < 4.78 is 26.8. The van der Waals surface area contributed by atoms with Crippen LogP contribution in [0, 0.1) is 18.8 Å². The van der Waals surface area contributed by atoms with Crippen molar-refractivity contribution in [1.82, 2.24) is 4.31 Å². The largest absolute Gasteiger partial charge is 0.320 e. The molecule has 1 aromatic carbocycles. The van der Waals surface area contributed by atoms with Crippen LogP contribution in [-0.2, 0) is 10.0 Å². The molecule has 2 N–H and O–H groups in total. The molecular formula is C16H24N2O2S. The summed E-state index contributed by atoms with van der Waals surface area (Å²) in [5, 5.41) is 0. The normalized spacial score (nSPS) is 11.3. The summed E-state index contributed by atoms with van der Waals surface area (Å²) in [6.07, 6.45) is 1.84. The Morgan fingerprint density at radius 2 is 2.00 bits per heavy atom. The second kappa shape index (κ2) is 8.18. The molecule has 0 fully saturated rings. The molecular weight excluding hydrogens is 284 g/mol. The molecule has 0 aromatic heterocycles. The SMILES string of the molecule is CCCCN(CC)S(=O)(=O)c1ccc(C#CCN)c(C)c1. The summed E-state index contributed by atoms with van der Waals surface area (Å²) in [5.41, 5.74) is 7.02. The number of nitrogens with two attached hydrogens (primary N) is 1. The fourth-order valence-electron chi connectivity index (χ4n) is 2.01. The van der Waals surface area contributed by atoms with E-state index in [1.807, 2.05) is 13.8 Å². The van der Waals surface area contributed by atoms with Gasteiger partial charge >= 0.3 is 0 Å². The molecule has 4 nitrogen and oxygen atoms in total. The molecule has 1 aromatic rings. The maximum absolute atomic E-state index is 12.6. The third-order valence-electron chi connectivity index (χ3n) is 3.27. The number of rotatable bonds is 6. The van der Waals surface area contributed by atoms with Crippen molar-refractivity contribution in [3.05, 3.63) is 29.3 Å². The van der Waals surface area contributed by atoms with Crippen LogP contribution in [0.5, 0.6) is 0 Å². The van der Waals surface area contributed by atoms with Gasteiger partial charge in [-0.3, -0.25) is 0 Å². The van der Waals surface area contributed by atoms with Crippen molar-refractivity contribution in [3.63, 3.8) is 0 Å². The smallest absolute Gasteiger partial charge is 0.243 e. The van der Waals surface area contributed by atoms with Gasteiger partial charge < -0.3 is 5.73 Å². The van der Waals surface area contributed by atoms with Gasteiger partial charge in [-0.15, -0.1) is 0 Å². The summed E-state index contributed by atoms with van der Waals surface area (Å²) >= 11 is 0. The van der Waals surface area contributed by atoms with Gasteiger partial charge in [0.05, 0.1) is 11.4 Å². The molecule has 21 heavy (non-hydrogen) atoms. The maximum atomic E-state index is 12.6. The zero-order valence-corrected chi connectivity index (χ0v) is 13.8. The third kappa shape index (κ3) is 4.57. The van der Waals surface area contributed by atoms with Crippen LogP contribution in [0.25, 0.3) is 0 Å². The summed E-state index contributed by atoms with van der Waals surface area (Å²) in [6, 6.07) is 5.06. The summed E-state index contributed by atoms with van der Waals surface area (Å²) in [5.74, 6) is 5.73. The van der Waals surface area contributed by atoms with E-state index in [-0.39, 0.29) is 0 Å². The summed E-state index contributed by atoms with van der Waals surface area (Å²) in [7, 11) is -3.42. The van der Waals surface area contributed by atoms with Gasteiger partial charge in [-0.05, 0) is 37.1 Å². The number of unbranched alkanes of at least 4 members (excludes halogenated alkanes) is 1. The molecule has 0 bridgehead atoms.